The van der Waals surface area contributed by atoms with Gasteiger partial charge in [-0.3, -0.25) is 13.6 Å². The van der Waals surface area contributed by atoms with Crippen molar-refractivity contribution >= 4 is 50.8 Å². The van der Waals surface area contributed by atoms with Gasteiger partial charge < -0.3 is 14.7 Å². The molecule has 1 aliphatic rings. The normalized spacial score (nSPS) is 14.9. The van der Waals surface area contributed by atoms with Crippen molar-refractivity contribution in [3.05, 3.63) is 57.6 Å². The summed E-state index contributed by atoms with van der Waals surface area (Å²) in [5.74, 6) is -0.0686. The van der Waals surface area contributed by atoms with Crippen molar-refractivity contribution in [2.45, 2.75) is 32.6 Å². The molecule has 0 spiro atoms. The van der Waals surface area contributed by atoms with E-state index in [-0.39, 0.29) is 48.8 Å². The zero-order chi connectivity index (χ0) is 27.9. The summed E-state index contributed by atoms with van der Waals surface area (Å²) in [5, 5.41) is 21.4. The molecule has 1 aromatic carbocycles. The Balaban J connectivity index is 1.63. The first-order valence-electron chi connectivity index (χ1n) is 12.1. The maximum Gasteiger partial charge on any atom is 0.530 e. The molecule has 0 amide bonds. The molecule has 14 heteroatoms. The van der Waals surface area contributed by atoms with Gasteiger partial charge in [0.25, 0.3) is 0 Å². The Morgan fingerprint density at radius 2 is 1.72 bits per heavy atom. The molecule has 0 unspecified atom stereocenters. The minimum atomic E-state index is -3.79. The summed E-state index contributed by atoms with van der Waals surface area (Å²) in [6.07, 6.45) is 0.342. The van der Waals surface area contributed by atoms with Gasteiger partial charge in [0.2, 0.25) is 0 Å². The number of phosphoric ester groups is 1. The van der Waals surface area contributed by atoms with Crippen molar-refractivity contribution in [1.82, 2.24) is 9.55 Å². The summed E-state index contributed by atoms with van der Waals surface area (Å²) in [6, 6.07) is 9.45. The minimum absolute atomic E-state index is 0.0135. The van der Waals surface area contributed by atoms with Gasteiger partial charge in [-0.1, -0.05) is 23.7 Å². The van der Waals surface area contributed by atoms with Crippen molar-refractivity contribution in [2.75, 3.05) is 19.0 Å². The standard InChI is InChI=1S/C25H26ClN2O8PS2/c1-3-34-37(31,35-4-2)36-16-7-5-15(6-8-16)22-23-17-11-12-39(32,33)14-19(17)38-25(23)27-18(24(22)26)13-28-20(29)9-10-21(28)30/h5-10,29-30H,3-4,11-14H2,1-2H3. The number of halogens is 1. The number of rotatable bonds is 9. The second-order valence-electron chi connectivity index (χ2n) is 8.81. The van der Waals surface area contributed by atoms with E-state index in [9.17, 15) is 23.2 Å². The molecule has 1 aliphatic heterocycles. The molecule has 0 bridgehead atoms. The number of aromatic nitrogens is 2. The Labute approximate surface area is 234 Å². The Bertz CT molecular complexity index is 1670. The quantitative estimate of drug-likeness (QED) is 0.221. The first-order chi connectivity index (χ1) is 18.5. The summed E-state index contributed by atoms with van der Waals surface area (Å²) in [6.45, 7) is 3.65. The van der Waals surface area contributed by atoms with Crippen LogP contribution in [0.4, 0.5) is 0 Å². The molecule has 4 heterocycles. The topological polar surface area (TPSA) is 137 Å². The molecule has 2 N–H and O–H groups in total. The van der Waals surface area contributed by atoms with Gasteiger partial charge in [-0.25, -0.2) is 18.0 Å². The maximum absolute atomic E-state index is 12.8. The predicted molar refractivity (Wildman–Crippen MR) is 150 cm³/mol. The molecule has 0 saturated heterocycles. The van der Waals surface area contributed by atoms with E-state index in [0.29, 0.717) is 33.1 Å². The molecule has 0 saturated carbocycles. The number of phosphoric acid groups is 1. The van der Waals surface area contributed by atoms with E-state index in [2.05, 4.69) is 0 Å². The highest BCUT2D eigenvalue weighted by Crippen LogP contribution is 2.50. The van der Waals surface area contributed by atoms with Crippen LogP contribution in [0.3, 0.4) is 0 Å². The zero-order valence-electron chi connectivity index (χ0n) is 21.1. The van der Waals surface area contributed by atoms with Crippen LogP contribution in [0.5, 0.6) is 17.5 Å². The lowest BCUT2D eigenvalue weighted by Gasteiger charge is -2.18. The van der Waals surface area contributed by atoms with Crippen LogP contribution in [-0.2, 0) is 42.2 Å². The van der Waals surface area contributed by atoms with E-state index in [1.54, 1.807) is 38.1 Å². The lowest BCUT2D eigenvalue weighted by atomic mass is 9.97. The summed E-state index contributed by atoms with van der Waals surface area (Å²) < 4.78 is 54.8. The van der Waals surface area contributed by atoms with Crippen LogP contribution in [-0.4, -0.2) is 47.1 Å². The van der Waals surface area contributed by atoms with Crippen LogP contribution < -0.4 is 4.52 Å². The number of nitrogens with zero attached hydrogens (tertiary/aromatic N) is 2. The average molecular weight is 613 g/mol. The highest BCUT2D eigenvalue weighted by molar-refractivity contribution is 7.90. The number of hydrogen-bond donors (Lipinski definition) is 2. The number of aryl methyl sites for hydroxylation is 1. The SMILES string of the molecule is CCOP(=O)(OCC)Oc1ccc(-c2c(Cl)c(Cn3c(O)ccc3O)nc3sc4c(c23)CCS(=O)(=O)C4)cc1. The molecule has 5 rings (SSSR count). The fourth-order valence-corrected chi connectivity index (χ4v) is 9.07. The van der Waals surface area contributed by atoms with E-state index in [0.717, 1.165) is 15.8 Å². The smallest absolute Gasteiger partial charge is 0.494 e. The maximum atomic E-state index is 12.8. The third-order valence-electron chi connectivity index (χ3n) is 6.22. The highest BCUT2D eigenvalue weighted by atomic mass is 35.5. The molecule has 0 radical (unpaired) electrons. The largest absolute Gasteiger partial charge is 0.530 e. The first kappa shape index (κ1) is 27.9. The number of pyridine rings is 1. The van der Waals surface area contributed by atoms with E-state index in [1.165, 1.54) is 28.0 Å². The van der Waals surface area contributed by atoms with E-state index < -0.39 is 17.7 Å². The minimum Gasteiger partial charge on any atom is -0.494 e. The second kappa shape index (κ2) is 10.8. The van der Waals surface area contributed by atoms with E-state index >= 15 is 0 Å². The second-order valence-corrected chi connectivity index (χ2v) is 14.0. The lowest BCUT2D eigenvalue weighted by Crippen LogP contribution is -2.17. The predicted octanol–water partition coefficient (Wildman–Crippen LogP) is 5.91. The lowest BCUT2D eigenvalue weighted by molar-refractivity contribution is 0.167. The Hall–Kier alpha value is -2.60. The molecule has 0 fully saturated rings. The van der Waals surface area contributed by atoms with Crippen LogP contribution in [0.25, 0.3) is 21.3 Å². The molecular weight excluding hydrogens is 587 g/mol. The molecule has 208 valence electrons. The number of sulfone groups is 1. The molecule has 4 aromatic rings. The van der Waals surface area contributed by atoms with Crippen LogP contribution in [0.2, 0.25) is 5.02 Å². The number of thiophene rings is 1. The van der Waals surface area contributed by atoms with Gasteiger partial charge in [-0.15, -0.1) is 11.3 Å². The van der Waals surface area contributed by atoms with Crippen molar-refractivity contribution < 1.29 is 36.8 Å². The molecule has 0 atom stereocenters. The summed E-state index contributed by atoms with van der Waals surface area (Å²) in [7, 11) is -7.00. The van der Waals surface area contributed by atoms with E-state index in [4.69, 9.17) is 30.2 Å². The first-order valence-corrected chi connectivity index (χ1v) is 16.6. The van der Waals surface area contributed by atoms with Crippen LogP contribution in [0.1, 0.15) is 30.0 Å². The molecular formula is C25H26ClN2O8PS2. The van der Waals surface area contributed by atoms with Crippen molar-refractivity contribution in [1.29, 1.82) is 0 Å². The Morgan fingerprint density at radius 1 is 1.08 bits per heavy atom. The zero-order valence-corrected chi connectivity index (χ0v) is 24.4. The third kappa shape index (κ3) is 5.54. The van der Waals surface area contributed by atoms with Gasteiger partial charge in [0, 0.05) is 28.0 Å². The number of hydrogen-bond acceptors (Lipinski definition) is 10. The Kier molecular flexibility index (Phi) is 7.71. The van der Waals surface area contributed by atoms with Crippen molar-refractivity contribution in [2.24, 2.45) is 0 Å². The number of benzene rings is 1. The van der Waals surface area contributed by atoms with Gasteiger partial charge in [-0.2, -0.15) is 0 Å². The summed E-state index contributed by atoms with van der Waals surface area (Å²) >= 11 is 8.26. The molecule has 3 aromatic heterocycles. The van der Waals surface area contributed by atoms with Gasteiger partial charge in [0.05, 0.1) is 42.0 Å². The van der Waals surface area contributed by atoms with Gasteiger partial charge in [-0.05, 0) is 43.5 Å². The molecule has 0 aliphatic carbocycles. The summed E-state index contributed by atoms with van der Waals surface area (Å²) in [5.41, 5.74) is 2.62. The fourth-order valence-electron chi connectivity index (χ4n) is 4.52. The van der Waals surface area contributed by atoms with Gasteiger partial charge >= 0.3 is 7.82 Å². The third-order valence-corrected chi connectivity index (χ3v) is 11.1. The highest BCUT2D eigenvalue weighted by Gasteiger charge is 2.30. The average Bonchev–Trinajstić information content (AvgIpc) is 3.38. The fraction of sp³-hybridized carbons (Fsp3) is 0.320. The van der Waals surface area contributed by atoms with Crippen LogP contribution >= 0.6 is 30.8 Å². The van der Waals surface area contributed by atoms with E-state index in [1.807, 2.05) is 0 Å². The number of fused-ring (bicyclic) bond motifs is 3. The van der Waals surface area contributed by atoms with Crippen LogP contribution in [0.15, 0.2) is 36.4 Å². The van der Waals surface area contributed by atoms with Gasteiger partial charge in [0.1, 0.15) is 10.6 Å². The van der Waals surface area contributed by atoms with Crippen molar-refractivity contribution in [3.8, 4) is 28.6 Å². The van der Waals surface area contributed by atoms with Gasteiger partial charge in [0.15, 0.2) is 21.6 Å². The molecule has 10 nitrogen and oxygen atoms in total. The van der Waals surface area contributed by atoms with Crippen molar-refractivity contribution in [3.63, 3.8) is 0 Å². The number of aromatic hydroxyl groups is 2. The summed E-state index contributed by atoms with van der Waals surface area (Å²) in [4.78, 5) is 6.06. The molecule has 39 heavy (non-hydrogen) atoms. The monoisotopic (exact) mass is 612 g/mol. The Morgan fingerprint density at radius 3 is 2.33 bits per heavy atom. The van der Waals surface area contributed by atoms with Crippen LogP contribution in [0, 0.1) is 0 Å².